The molecule has 1 amide bonds. The largest absolute Gasteiger partial charge is 0.461 e. The highest BCUT2D eigenvalue weighted by molar-refractivity contribution is 6.05. The summed E-state index contributed by atoms with van der Waals surface area (Å²) in [5, 5.41) is 3.77. The first-order chi connectivity index (χ1) is 11.4. The molecule has 24 heavy (non-hydrogen) atoms. The Labute approximate surface area is 139 Å². The number of carbonyl (C=O) groups is 1. The number of nitrogens with one attached hydrogen (secondary N) is 1. The van der Waals surface area contributed by atoms with Gasteiger partial charge in [0.2, 0.25) is 0 Å². The highest BCUT2D eigenvalue weighted by Crippen LogP contribution is 2.29. The first-order valence-electron chi connectivity index (χ1n) is 7.78. The zero-order chi connectivity index (χ0) is 17.3. The van der Waals surface area contributed by atoms with E-state index in [2.05, 4.69) is 5.32 Å². The highest BCUT2D eigenvalue weighted by atomic mass is 19.1. The van der Waals surface area contributed by atoms with Crippen molar-refractivity contribution >= 4 is 22.6 Å². The van der Waals surface area contributed by atoms with Gasteiger partial charge in [0.1, 0.15) is 17.2 Å². The molecule has 0 saturated heterocycles. The molecule has 2 aromatic carbocycles. The molecule has 0 fully saturated rings. The third-order valence-electron chi connectivity index (χ3n) is 3.88. The van der Waals surface area contributed by atoms with Gasteiger partial charge in [-0.2, -0.15) is 0 Å². The smallest absolute Gasteiger partial charge is 0.255 e. The van der Waals surface area contributed by atoms with E-state index in [4.69, 9.17) is 10.2 Å². The third kappa shape index (κ3) is 3.31. The van der Waals surface area contributed by atoms with Crippen LogP contribution in [0.4, 0.5) is 10.1 Å². The normalized spacial score (nSPS) is 12.3. The number of anilines is 1. The van der Waals surface area contributed by atoms with E-state index in [0.29, 0.717) is 17.7 Å². The van der Waals surface area contributed by atoms with E-state index in [-0.39, 0.29) is 17.8 Å². The van der Waals surface area contributed by atoms with Gasteiger partial charge >= 0.3 is 0 Å². The lowest BCUT2D eigenvalue weighted by Gasteiger charge is -2.07. The summed E-state index contributed by atoms with van der Waals surface area (Å²) in [5.41, 5.74) is 8.78. The molecule has 4 nitrogen and oxygen atoms in total. The van der Waals surface area contributed by atoms with Crippen molar-refractivity contribution in [3.8, 4) is 0 Å². The van der Waals surface area contributed by atoms with Gasteiger partial charge < -0.3 is 15.5 Å². The molecule has 3 rings (SSSR count). The van der Waals surface area contributed by atoms with E-state index in [1.165, 1.54) is 24.3 Å². The monoisotopic (exact) mass is 326 g/mol. The Morgan fingerprint density at radius 1 is 1.25 bits per heavy atom. The number of amides is 1. The van der Waals surface area contributed by atoms with E-state index < -0.39 is 0 Å². The van der Waals surface area contributed by atoms with Crippen LogP contribution in [0, 0.1) is 12.7 Å². The average Bonchev–Trinajstić information content (AvgIpc) is 2.83. The highest BCUT2D eigenvalue weighted by Gasteiger charge is 2.14. The molecule has 0 aliphatic heterocycles. The maximum atomic E-state index is 13.0. The number of nitrogens with two attached hydrogens (primary N) is 1. The minimum atomic E-state index is -0.373. The molecule has 5 heteroatoms. The Kier molecular flexibility index (Phi) is 4.36. The minimum absolute atomic E-state index is 0.0157. The number of furan rings is 1. The fraction of sp³-hybridized carbons (Fsp3) is 0.211. The second kappa shape index (κ2) is 6.45. The van der Waals surface area contributed by atoms with Crippen molar-refractivity contribution in [1.82, 2.24) is 0 Å². The maximum Gasteiger partial charge on any atom is 0.255 e. The fourth-order valence-corrected chi connectivity index (χ4v) is 2.73. The van der Waals surface area contributed by atoms with Crippen LogP contribution < -0.4 is 11.1 Å². The molecule has 3 aromatic rings. The predicted molar refractivity (Wildman–Crippen MR) is 92.7 cm³/mol. The van der Waals surface area contributed by atoms with Crippen molar-refractivity contribution < 1.29 is 13.6 Å². The molecule has 0 aliphatic rings. The molecule has 0 bridgehead atoms. The first-order valence-corrected chi connectivity index (χ1v) is 7.78. The van der Waals surface area contributed by atoms with E-state index in [1.54, 1.807) is 6.07 Å². The summed E-state index contributed by atoms with van der Waals surface area (Å²) in [6.07, 6.45) is 0.703. The topological polar surface area (TPSA) is 68.3 Å². The number of hydrogen-bond acceptors (Lipinski definition) is 3. The van der Waals surface area contributed by atoms with Gasteiger partial charge in [-0.3, -0.25) is 4.79 Å². The Bertz CT molecular complexity index is 882. The molecule has 1 aromatic heterocycles. The van der Waals surface area contributed by atoms with E-state index in [9.17, 15) is 9.18 Å². The van der Waals surface area contributed by atoms with Crippen LogP contribution in [0.2, 0.25) is 0 Å². The third-order valence-corrected chi connectivity index (χ3v) is 3.88. The van der Waals surface area contributed by atoms with Gasteiger partial charge in [0.25, 0.3) is 5.91 Å². The van der Waals surface area contributed by atoms with Crippen molar-refractivity contribution in [3.63, 3.8) is 0 Å². The molecule has 1 atom stereocenters. The Morgan fingerprint density at radius 2 is 1.96 bits per heavy atom. The molecule has 0 saturated carbocycles. The van der Waals surface area contributed by atoms with Gasteiger partial charge in [-0.15, -0.1) is 0 Å². The van der Waals surface area contributed by atoms with Crippen LogP contribution in [-0.4, -0.2) is 11.9 Å². The fourth-order valence-electron chi connectivity index (χ4n) is 2.73. The summed E-state index contributed by atoms with van der Waals surface area (Å²) in [6, 6.07) is 10.9. The van der Waals surface area contributed by atoms with Crippen LogP contribution in [0.3, 0.4) is 0 Å². The lowest BCUT2D eigenvalue weighted by Crippen LogP contribution is -2.18. The number of rotatable bonds is 4. The molecule has 3 N–H and O–H groups in total. The molecule has 1 unspecified atom stereocenters. The van der Waals surface area contributed by atoms with Gasteiger partial charge in [-0.1, -0.05) is 0 Å². The van der Waals surface area contributed by atoms with Crippen LogP contribution in [0.5, 0.6) is 0 Å². The summed E-state index contributed by atoms with van der Waals surface area (Å²) < 4.78 is 18.7. The number of benzene rings is 2. The van der Waals surface area contributed by atoms with Gasteiger partial charge in [0.15, 0.2) is 0 Å². The molecular formula is C19H19FN2O2. The van der Waals surface area contributed by atoms with E-state index >= 15 is 0 Å². The van der Waals surface area contributed by atoms with Crippen LogP contribution in [0.15, 0.2) is 46.9 Å². The van der Waals surface area contributed by atoms with Gasteiger partial charge in [-0.25, -0.2) is 4.39 Å². The van der Waals surface area contributed by atoms with Gasteiger partial charge in [0.05, 0.1) is 0 Å². The minimum Gasteiger partial charge on any atom is -0.461 e. The number of halogens is 1. The summed E-state index contributed by atoms with van der Waals surface area (Å²) in [4.78, 5) is 12.3. The maximum absolute atomic E-state index is 13.0. The van der Waals surface area contributed by atoms with Crippen molar-refractivity contribution in [1.29, 1.82) is 0 Å². The zero-order valence-electron chi connectivity index (χ0n) is 13.6. The summed E-state index contributed by atoms with van der Waals surface area (Å²) >= 11 is 0. The summed E-state index contributed by atoms with van der Waals surface area (Å²) in [5.74, 6) is 0.176. The quantitative estimate of drug-likeness (QED) is 0.761. The first kappa shape index (κ1) is 16.2. The van der Waals surface area contributed by atoms with Crippen LogP contribution in [-0.2, 0) is 6.42 Å². The number of aryl methyl sites for hydroxylation is 1. The lowest BCUT2D eigenvalue weighted by atomic mass is 10.0. The van der Waals surface area contributed by atoms with Crippen LogP contribution >= 0.6 is 0 Å². The van der Waals surface area contributed by atoms with Crippen molar-refractivity contribution in [2.45, 2.75) is 26.3 Å². The SMILES string of the molecule is Cc1oc2ccc(NC(=O)c3ccc(F)cc3)cc2c1CC(C)N. The van der Waals surface area contributed by atoms with Crippen molar-refractivity contribution in [2.24, 2.45) is 5.73 Å². The lowest BCUT2D eigenvalue weighted by molar-refractivity contribution is 0.102. The average molecular weight is 326 g/mol. The van der Waals surface area contributed by atoms with Crippen molar-refractivity contribution in [2.75, 3.05) is 5.32 Å². The second-order valence-corrected chi connectivity index (χ2v) is 5.99. The van der Waals surface area contributed by atoms with Crippen LogP contribution in [0.25, 0.3) is 11.0 Å². The van der Waals surface area contributed by atoms with Crippen molar-refractivity contribution in [3.05, 3.63) is 65.2 Å². The number of fused-ring (bicyclic) bond motifs is 1. The van der Waals surface area contributed by atoms with Crippen LogP contribution in [0.1, 0.15) is 28.6 Å². The Morgan fingerprint density at radius 3 is 2.62 bits per heavy atom. The van der Waals surface area contributed by atoms with Gasteiger partial charge in [0, 0.05) is 28.2 Å². The molecule has 0 aliphatic carbocycles. The van der Waals surface area contributed by atoms with Gasteiger partial charge in [-0.05, 0) is 62.7 Å². The Balaban J connectivity index is 1.89. The standard InChI is InChI=1S/C19H19FN2O2/c1-11(21)9-16-12(2)24-18-8-7-15(10-17(16)18)22-19(23)13-3-5-14(20)6-4-13/h3-8,10-11H,9,21H2,1-2H3,(H,22,23). The molecule has 0 radical (unpaired) electrons. The van der Waals surface area contributed by atoms with E-state index in [0.717, 1.165) is 22.3 Å². The summed E-state index contributed by atoms with van der Waals surface area (Å²) in [7, 11) is 0. The predicted octanol–water partition coefficient (Wildman–Crippen LogP) is 4.02. The summed E-state index contributed by atoms with van der Waals surface area (Å²) in [6.45, 7) is 3.85. The molecule has 0 spiro atoms. The Hall–Kier alpha value is -2.66. The molecule has 1 heterocycles. The molecule has 124 valence electrons. The molecular weight excluding hydrogens is 307 g/mol. The second-order valence-electron chi connectivity index (χ2n) is 5.99. The zero-order valence-corrected chi connectivity index (χ0v) is 13.6. The number of carbonyl (C=O) groups excluding carboxylic acids is 1. The number of hydrogen-bond donors (Lipinski definition) is 2. The van der Waals surface area contributed by atoms with E-state index in [1.807, 2.05) is 26.0 Å².